The Bertz CT molecular complexity index is 1400. The molecule has 3 aromatic carbocycles. The zero-order valence-corrected chi connectivity index (χ0v) is 23.7. The van der Waals surface area contributed by atoms with E-state index in [2.05, 4.69) is 5.32 Å². The van der Waals surface area contributed by atoms with Gasteiger partial charge in [0.25, 0.3) is 10.0 Å². The van der Waals surface area contributed by atoms with Crippen LogP contribution in [0, 0.1) is 6.92 Å². The smallest absolute Gasteiger partial charge is 0.264 e. The summed E-state index contributed by atoms with van der Waals surface area (Å²) in [5.74, 6) is -0.225. The Morgan fingerprint density at radius 2 is 1.62 bits per heavy atom. The van der Waals surface area contributed by atoms with E-state index in [0.29, 0.717) is 17.9 Å². The normalized spacial score (nSPS) is 11.8. The lowest BCUT2D eigenvalue weighted by molar-refractivity contribution is -0.140. The molecule has 0 aliphatic carbocycles. The van der Waals surface area contributed by atoms with Gasteiger partial charge in [-0.05, 0) is 43.2 Å². The van der Waals surface area contributed by atoms with Gasteiger partial charge in [-0.2, -0.15) is 0 Å². The summed E-state index contributed by atoms with van der Waals surface area (Å²) < 4.78 is 39.6. The number of sulfonamides is 1. The lowest BCUT2D eigenvalue weighted by atomic mass is 10.1. The second-order valence-electron chi connectivity index (χ2n) is 8.91. The molecule has 9 nitrogen and oxygen atoms in total. The van der Waals surface area contributed by atoms with Crippen molar-refractivity contribution < 1.29 is 27.5 Å². The highest BCUT2D eigenvalue weighted by atomic mass is 32.2. The molecular weight excluding hydrogens is 518 g/mol. The molecule has 0 aromatic heterocycles. The average Bonchev–Trinajstić information content (AvgIpc) is 2.95. The predicted octanol–water partition coefficient (Wildman–Crippen LogP) is 3.76. The Morgan fingerprint density at radius 3 is 2.21 bits per heavy atom. The van der Waals surface area contributed by atoms with Crippen molar-refractivity contribution in [3.8, 4) is 11.5 Å². The maximum absolute atomic E-state index is 14.0. The van der Waals surface area contributed by atoms with Crippen LogP contribution in [0.4, 0.5) is 5.69 Å². The molecule has 0 saturated carbocycles. The minimum atomic E-state index is -4.23. The summed E-state index contributed by atoms with van der Waals surface area (Å²) in [5, 5.41) is 2.62. The molecule has 3 aromatic rings. The second-order valence-corrected chi connectivity index (χ2v) is 10.8. The van der Waals surface area contributed by atoms with Crippen molar-refractivity contribution in [3.05, 3.63) is 83.9 Å². The Labute approximate surface area is 230 Å². The number of hydrogen-bond donors (Lipinski definition) is 1. The largest absolute Gasteiger partial charge is 0.493 e. The molecule has 0 fully saturated rings. The molecule has 3 rings (SSSR count). The number of hydrogen-bond acceptors (Lipinski definition) is 6. The first-order chi connectivity index (χ1) is 18.7. The molecule has 0 aliphatic rings. The van der Waals surface area contributed by atoms with Gasteiger partial charge < -0.3 is 19.7 Å². The van der Waals surface area contributed by atoms with Crippen LogP contribution in [-0.4, -0.2) is 59.0 Å². The molecule has 0 saturated heterocycles. The van der Waals surface area contributed by atoms with E-state index in [0.717, 1.165) is 15.4 Å². The van der Waals surface area contributed by atoms with Crippen molar-refractivity contribution in [1.82, 2.24) is 10.2 Å². The van der Waals surface area contributed by atoms with E-state index in [1.807, 2.05) is 38.1 Å². The number of amides is 2. The van der Waals surface area contributed by atoms with Gasteiger partial charge in [-0.3, -0.25) is 13.9 Å². The SMILES string of the molecule is CC[C@@H](C(=O)NC)N(Cc1cccc(C)c1)C(=O)CN(c1ccccc1)S(=O)(=O)c1ccc(OC)c(OC)c1. The van der Waals surface area contributed by atoms with E-state index < -0.39 is 28.5 Å². The first-order valence-corrected chi connectivity index (χ1v) is 14.0. The van der Waals surface area contributed by atoms with Crippen LogP contribution in [0.25, 0.3) is 0 Å². The molecular formula is C29H35N3O6S. The standard InChI is InChI=1S/C29H35N3O6S/c1-6-25(29(34)30-3)31(19-22-12-10-11-21(2)17-22)28(33)20-32(23-13-8-7-9-14-23)39(35,36)24-15-16-26(37-4)27(18-24)38-5/h7-18,25H,6,19-20H2,1-5H3,(H,30,34)/t25-/m0/s1. The molecule has 39 heavy (non-hydrogen) atoms. The van der Waals surface area contributed by atoms with E-state index in [4.69, 9.17) is 9.47 Å². The fraction of sp³-hybridized carbons (Fsp3) is 0.310. The van der Waals surface area contributed by atoms with Crippen LogP contribution in [-0.2, 0) is 26.2 Å². The number of rotatable bonds is 12. The van der Waals surface area contributed by atoms with Gasteiger partial charge in [0.2, 0.25) is 11.8 Å². The van der Waals surface area contributed by atoms with Crippen molar-refractivity contribution in [2.45, 2.75) is 37.8 Å². The van der Waals surface area contributed by atoms with E-state index in [1.165, 1.54) is 44.4 Å². The highest BCUT2D eigenvalue weighted by Gasteiger charge is 2.33. The molecule has 0 bridgehead atoms. The quantitative estimate of drug-likeness (QED) is 0.366. The fourth-order valence-corrected chi connectivity index (χ4v) is 5.75. The number of para-hydroxylation sites is 1. The van der Waals surface area contributed by atoms with Crippen molar-refractivity contribution in [3.63, 3.8) is 0 Å². The number of likely N-dealkylation sites (N-methyl/N-ethyl adjacent to an activating group) is 1. The van der Waals surface area contributed by atoms with Gasteiger partial charge in [0.1, 0.15) is 12.6 Å². The monoisotopic (exact) mass is 553 g/mol. The molecule has 0 radical (unpaired) electrons. The third-order valence-corrected chi connectivity index (χ3v) is 8.10. The first kappa shape index (κ1) is 29.5. The zero-order valence-electron chi connectivity index (χ0n) is 22.9. The molecule has 208 valence electrons. The van der Waals surface area contributed by atoms with Gasteiger partial charge in [0, 0.05) is 19.7 Å². The second kappa shape index (κ2) is 13.1. The summed E-state index contributed by atoms with van der Waals surface area (Å²) in [7, 11) is 0.159. The summed E-state index contributed by atoms with van der Waals surface area (Å²) in [5.41, 5.74) is 2.15. The molecule has 1 atom stereocenters. The number of anilines is 1. The lowest BCUT2D eigenvalue weighted by Crippen LogP contribution is -2.51. The van der Waals surface area contributed by atoms with Crippen LogP contribution in [0.5, 0.6) is 11.5 Å². The number of carbonyl (C=O) groups excluding carboxylic acids is 2. The number of methoxy groups -OCH3 is 2. The average molecular weight is 554 g/mol. The summed E-state index contributed by atoms with van der Waals surface area (Å²) in [6.07, 6.45) is 0.352. The van der Waals surface area contributed by atoms with Crippen molar-refractivity contribution in [2.24, 2.45) is 0 Å². The topological polar surface area (TPSA) is 105 Å². The van der Waals surface area contributed by atoms with Crippen LogP contribution in [0.15, 0.2) is 77.7 Å². The number of ether oxygens (including phenoxy) is 2. The van der Waals surface area contributed by atoms with Crippen LogP contribution < -0.4 is 19.1 Å². The summed E-state index contributed by atoms with van der Waals surface area (Å²) in [6, 6.07) is 19.5. The van der Waals surface area contributed by atoms with Crippen LogP contribution in [0.2, 0.25) is 0 Å². The third-order valence-electron chi connectivity index (χ3n) is 6.33. The van der Waals surface area contributed by atoms with Crippen molar-refractivity contribution >= 4 is 27.5 Å². The lowest BCUT2D eigenvalue weighted by Gasteiger charge is -2.33. The van der Waals surface area contributed by atoms with Gasteiger partial charge in [0.05, 0.1) is 24.8 Å². The van der Waals surface area contributed by atoms with Gasteiger partial charge in [0.15, 0.2) is 11.5 Å². The van der Waals surface area contributed by atoms with Crippen molar-refractivity contribution in [1.29, 1.82) is 0 Å². The summed E-state index contributed by atoms with van der Waals surface area (Å²) in [6.45, 7) is 3.38. The predicted molar refractivity (Wildman–Crippen MR) is 150 cm³/mol. The molecule has 10 heteroatoms. The zero-order chi connectivity index (χ0) is 28.6. The van der Waals surface area contributed by atoms with Crippen LogP contribution >= 0.6 is 0 Å². The van der Waals surface area contributed by atoms with Crippen LogP contribution in [0.3, 0.4) is 0 Å². The van der Waals surface area contributed by atoms with E-state index in [9.17, 15) is 18.0 Å². The molecule has 0 aliphatic heterocycles. The number of benzene rings is 3. The molecule has 1 N–H and O–H groups in total. The maximum Gasteiger partial charge on any atom is 0.264 e. The minimum Gasteiger partial charge on any atom is -0.493 e. The summed E-state index contributed by atoms with van der Waals surface area (Å²) >= 11 is 0. The molecule has 0 unspecified atom stereocenters. The summed E-state index contributed by atoms with van der Waals surface area (Å²) in [4.78, 5) is 28.1. The first-order valence-electron chi connectivity index (χ1n) is 12.5. The Balaban J connectivity index is 2.07. The minimum absolute atomic E-state index is 0.0691. The van der Waals surface area contributed by atoms with E-state index in [-0.39, 0.29) is 23.1 Å². The van der Waals surface area contributed by atoms with Crippen LogP contribution in [0.1, 0.15) is 24.5 Å². The number of aryl methyl sites for hydroxylation is 1. The Morgan fingerprint density at radius 1 is 0.923 bits per heavy atom. The van der Waals surface area contributed by atoms with Gasteiger partial charge in [-0.25, -0.2) is 8.42 Å². The van der Waals surface area contributed by atoms with Crippen molar-refractivity contribution in [2.75, 3.05) is 32.1 Å². The third kappa shape index (κ3) is 6.88. The Kier molecular flexibility index (Phi) is 9.95. The highest BCUT2D eigenvalue weighted by Crippen LogP contribution is 2.32. The van der Waals surface area contributed by atoms with Gasteiger partial charge >= 0.3 is 0 Å². The van der Waals surface area contributed by atoms with Gasteiger partial charge in [-0.1, -0.05) is 55.0 Å². The highest BCUT2D eigenvalue weighted by molar-refractivity contribution is 7.92. The van der Waals surface area contributed by atoms with E-state index in [1.54, 1.807) is 30.3 Å². The number of carbonyl (C=O) groups is 2. The Hall–Kier alpha value is -4.05. The number of nitrogens with one attached hydrogen (secondary N) is 1. The van der Waals surface area contributed by atoms with E-state index >= 15 is 0 Å². The fourth-order valence-electron chi connectivity index (χ4n) is 4.32. The maximum atomic E-state index is 14.0. The molecule has 0 spiro atoms. The number of nitrogens with zero attached hydrogens (tertiary/aromatic N) is 2. The molecule has 0 heterocycles. The molecule has 2 amide bonds. The van der Waals surface area contributed by atoms with Gasteiger partial charge in [-0.15, -0.1) is 0 Å².